The third-order valence-electron chi connectivity index (χ3n) is 8.00. The molecule has 0 amide bonds. The smallest absolute Gasteiger partial charge is 0.203 e. The molecule has 2 atom stereocenters. The molecule has 1 aliphatic heterocycles. The summed E-state index contributed by atoms with van der Waals surface area (Å²) in [7, 11) is -0.879. The predicted molar refractivity (Wildman–Crippen MR) is 165 cm³/mol. The van der Waals surface area contributed by atoms with Gasteiger partial charge in [-0.05, 0) is 92.5 Å². The highest BCUT2D eigenvalue weighted by Crippen LogP contribution is 2.50. The Morgan fingerprint density at radius 2 is 1.79 bits per heavy atom. The van der Waals surface area contributed by atoms with E-state index in [1.807, 2.05) is 19.1 Å². The molecular formula is C33H52NO4P. The van der Waals surface area contributed by atoms with E-state index in [1.54, 1.807) is 13.8 Å². The van der Waals surface area contributed by atoms with Crippen molar-refractivity contribution in [1.29, 1.82) is 0 Å². The van der Waals surface area contributed by atoms with E-state index in [0.29, 0.717) is 17.9 Å². The topological polar surface area (TPSA) is 48.0 Å². The molecule has 1 saturated heterocycles. The van der Waals surface area contributed by atoms with Crippen molar-refractivity contribution in [3.8, 4) is 11.5 Å². The molecule has 0 bridgehead atoms. The zero-order valence-corrected chi connectivity index (χ0v) is 26.4. The monoisotopic (exact) mass is 557 g/mol. The number of nitrogens with zero attached hydrogens (tertiary/aromatic N) is 1. The molecule has 0 aliphatic carbocycles. The summed E-state index contributed by atoms with van der Waals surface area (Å²) in [5, 5.41) is 0. The largest absolute Gasteiger partial charge is 0.497 e. The zero-order valence-electron chi connectivity index (χ0n) is 25.5. The van der Waals surface area contributed by atoms with Gasteiger partial charge in [0.15, 0.2) is 0 Å². The van der Waals surface area contributed by atoms with Crippen LogP contribution in [0.15, 0.2) is 42.5 Å². The molecule has 1 heterocycles. The number of aryl methyl sites for hydroxylation is 1. The van der Waals surface area contributed by atoms with E-state index in [9.17, 15) is 4.57 Å². The Labute approximate surface area is 238 Å². The van der Waals surface area contributed by atoms with Crippen LogP contribution in [0.2, 0.25) is 0 Å². The number of rotatable bonds is 14. The summed E-state index contributed by atoms with van der Waals surface area (Å²) in [5.41, 5.74) is 4.32. The van der Waals surface area contributed by atoms with Gasteiger partial charge in [0.2, 0.25) is 7.37 Å². The van der Waals surface area contributed by atoms with Crippen molar-refractivity contribution in [2.45, 2.75) is 85.2 Å². The maximum absolute atomic E-state index is 13.0. The lowest BCUT2D eigenvalue weighted by Crippen LogP contribution is -2.36. The highest BCUT2D eigenvalue weighted by Gasteiger charge is 2.28. The fourth-order valence-corrected chi connectivity index (χ4v) is 7.51. The summed E-state index contributed by atoms with van der Waals surface area (Å²) < 4.78 is 30.4. The molecule has 0 saturated carbocycles. The van der Waals surface area contributed by atoms with E-state index >= 15 is 0 Å². The summed E-state index contributed by atoms with van der Waals surface area (Å²) in [6.07, 6.45) is 7.34. The van der Waals surface area contributed by atoms with Gasteiger partial charge < -0.3 is 18.9 Å². The fourth-order valence-electron chi connectivity index (χ4n) is 5.58. The second kappa shape index (κ2) is 14.6. The van der Waals surface area contributed by atoms with Crippen LogP contribution < -0.4 is 14.4 Å². The van der Waals surface area contributed by atoms with Crippen molar-refractivity contribution >= 4 is 13.1 Å². The number of methoxy groups -OCH3 is 1. The second-order valence-electron chi connectivity index (χ2n) is 12.4. The van der Waals surface area contributed by atoms with Crippen LogP contribution in [-0.2, 0) is 21.9 Å². The van der Waals surface area contributed by atoms with Crippen LogP contribution in [0.3, 0.4) is 0 Å². The van der Waals surface area contributed by atoms with Crippen LogP contribution in [0.1, 0.15) is 77.8 Å². The van der Waals surface area contributed by atoms with E-state index in [0.717, 1.165) is 68.9 Å². The third-order valence-corrected chi connectivity index (χ3v) is 10.6. The molecular weight excluding hydrogens is 505 g/mol. The first kappa shape index (κ1) is 31.6. The number of ether oxygens (including phenoxy) is 2. The lowest BCUT2D eigenvalue weighted by molar-refractivity contribution is 0.222. The molecule has 39 heavy (non-hydrogen) atoms. The summed E-state index contributed by atoms with van der Waals surface area (Å²) >= 11 is 0. The molecule has 0 spiro atoms. The number of benzene rings is 2. The normalized spacial score (nSPS) is 17.1. The Kier molecular flexibility index (Phi) is 11.8. The van der Waals surface area contributed by atoms with Crippen LogP contribution in [-0.4, -0.2) is 45.7 Å². The molecule has 1 fully saturated rings. The first-order chi connectivity index (χ1) is 18.5. The summed E-state index contributed by atoms with van der Waals surface area (Å²) in [4.78, 5) is 2.54. The van der Waals surface area contributed by atoms with Gasteiger partial charge in [0, 0.05) is 37.2 Å². The lowest BCUT2D eigenvalue weighted by atomic mass is 9.88. The Morgan fingerprint density at radius 1 is 1.05 bits per heavy atom. The minimum atomic E-state index is -2.63. The van der Waals surface area contributed by atoms with Gasteiger partial charge in [-0.3, -0.25) is 4.57 Å². The van der Waals surface area contributed by atoms with E-state index in [4.69, 9.17) is 14.0 Å². The molecule has 0 N–H and O–H groups in total. The van der Waals surface area contributed by atoms with Gasteiger partial charge in [-0.1, -0.05) is 45.9 Å². The fraction of sp³-hybridized carbons (Fsp3) is 0.636. The van der Waals surface area contributed by atoms with Gasteiger partial charge in [-0.25, -0.2) is 0 Å². The van der Waals surface area contributed by atoms with Gasteiger partial charge in [0.25, 0.3) is 0 Å². The molecule has 6 heteroatoms. The van der Waals surface area contributed by atoms with E-state index < -0.39 is 7.37 Å². The molecule has 0 radical (unpaired) electrons. The average molecular weight is 558 g/mol. The first-order valence-electron chi connectivity index (χ1n) is 14.9. The molecule has 2 aromatic carbocycles. The second-order valence-corrected chi connectivity index (χ2v) is 15.2. The van der Waals surface area contributed by atoms with Crippen LogP contribution in [0.5, 0.6) is 11.5 Å². The van der Waals surface area contributed by atoms with Gasteiger partial charge in [0.1, 0.15) is 11.5 Å². The van der Waals surface area contributed by atoms with Gasteiger partial charge in [-0.15, -0.1) is 0 Å². The van der Waals surface area contributed by atoms with Gasteiger partial charge >= 0.3 is 0 Å². The Bertz CT molecular complexity index is 1070. The van der Waals surface area contributed by atoms with Crippen molar-refractivity contribution in [3.63, 3.8) is 0 Å². The van der Waals surface area contributed by atoms with Crippen LogP contribution in [0.25, 0.3) is 0 Å². The number of hydrogen-bond donors (Lipinski definition) is 0. The summed E-state index contributed by atoms with van der Waals surface area (Å²) in [6, 6.07) is 14.9. The third kappa shape index (κ3) is 9.87. The molecule has 0 aromatic heterocycles. The van der Waals surface area contributed by atoms with Gasteiger partial charge in [-0.2, -0.15) is 0 Å². The summed E-state index contributed by atoms with van der Waals surface area (Å²) in [6.45, 7) is 16.0. The SMILES string of the molecule is CCOP(C)(=O)[C@H](CC)Cc1cccc(OCC2CCN(c3cc(OC)ccc3CCCC(C)(C)C)CC2)c1. The number of hydrogen-bond acceptors (Lipinski definition) is 5. The maximum Gasteiger partial charge on any atom is 0.203 e. The average Bonchev–Trinajstić information content (AvgIpc) is 2.90. The van der Waals surface area contributed by atoms with Crippen molar-refractivity contribution in [3.05, 3.63) is 53.6 Å². The van der Waals surface area contributed by atoms with E-state index in [2.05, 4.69) is 62.9 Å². The van der Waals surface area contributed by atoms with Crippen molar-refractivity contribution in [2.24, 2.45) is 11.3 Å². The lowest BCUT2D eigenvalue weighted by Gasteiger charge is -2.35. The highest BCUT2D eigenvalue weighted by molar-refractivity contribution is 7.58. The molecule has 3 rings (SSSR count). The molecule has 1 aliphatic rings. The zero-order chi connectivity index (χ0) is 28.5. The number of piperidine rings is 1. The van der Waals surface area contributed by atoms with Crippen LogP contribution in [0.4, 0.5) is 5.69 Å². The predicted octanol–water partition coefficient (Wildman–Crippen LogP) is 8.62. The summed E-state index contributed by atoms with van der Waals surface area (Å²) in [5.74, 6) is 2.37. The van der Waals surface area contributed by atoms with Crippen molar-refractivity contribution in [1.82, 2.24) is 0 Å². The Hall–Kier alpha value is -1.97. The first-order valence-corrected chi connectivity index (χ1v) is 17.0. The van der Waals surface area contributed by atoms with E-state index in [-0.39, 0.29) is 5.66 Å². The maximum atomic E-state index is 13.0. The standard InChI is InChI=1S/C33H52NO4P/c1-8-31(39(7,35)38-9-2)23-27-12-10-14-30(22-27)37-25-26-17-20-34(21-18-26)32-24-29(36-6)16-15-28(32)13-11-19-33(3,4)5/h10,12,14-16,22,24,26,31H,8-9,11,13,17-21,23,25H2,1-7H3/t31-,39?/m1/s1. The Balaban J connectivity index is 1.55. The Morgan fingerprint density at radius 3 is 2.44 bits per heavy atom. The molecule has 5 nitrogen and oxygen atoms in total. The van der Waals surface area contributed by atoms with Crippen molar-refractivity contribution < 1.29 is 18.6 Å². The minimum Gasteiger partial charge on any atom is -0.497 e. The molecule has 1 unspecified atom stereocenters. The number of anilines is 1. The minimum absolute atomic E-state index is 0.0343. The highest BCUT2D eigenvalue weighted by atomic mass is 31.2. The molecule has 218 valence electrons. The molecule has 2 aromatic rings. The van der Waals surface area contributed by atoms with Crippen LogP contribution in [0, 0.1) is 11.3 Å². The van der Waals surface area contributed by atoms with E-state index in [1.165, 1.54) is 24.1 Å². The quantitative estimate of drug-likeness (QED) is 0.218. The van der Waals surface area contributed by atoms with Crippen molar-refractivity contribution in [2.75, 3.05) is 45.0 Å². The van der Waals surface area contributed by atoms with Gasteiger partial charge in [0.05, 0.1) is 20.3 Å². The van der Waals surface area contributed by atoms with Crippen LogP contribution >= 0.6 is 7.37 Å².